The Balaban J connectivity index is 0.00000128. The van der Waals surface area contributed by atoms with Crippen molar-refractivity contribution in [1.82, 2.24) is 4.98 Å². The van der Waals surface area contributed by atoms with E-state index < -0.39 is 12.0 Å². The molecular formula is C11H12LiN2O2+. The summed E-state index contributed by atoms with van der Waals surface area (Å²) in [5, 5.41) is 9.75. The molecule has 0 amide bonds. The molecular weight excluding hydrogens is 199 g/mol. The molecule has 0 radical (unpaired) electrons. The predicted octanol–water partition coefficient (Wildman–Crippen LogP) is -1.87. The van der Waals surface area contributed by atoms with Gasteiger partial charge in [-0.25, -0.2) is 0 Å². The SMILES string of the molecule is NC(Cc1c[nH]c2ccccc12)C(=O)O.[Li+]. The maximum Gasteiger partial charge on any atom is 1.00 e. The summed E-state index contributed by atoms with van der Waals surface area (Å²) in [5.41, 5.74) is 7.43. The summed E-state index contributed by atoms with van der Waals surface area (Å²) >= 11 is 0. The first-order chi connectivity index (χ1) is 7.18. The average Bonchev–Trinajstić information content (AvgIpc) is 2.62. The zero-order chi connectivity index (χ0) is 10.8. The smallest absolute Gasteiger partial charge is 0.480 e. The van der Waals surface area contributed by atoms with E-state index in [0.29, 0.717) is 6.42 Å². The second-order valence-corrected chi connectivity index (χ2v) is 3.51. The maximum atomic E-state index is 10.6. The van der Waals surface area contributed by atoms with Gasteiger partial charge in [0.2, 0.25) is 0 Å². The molecule has 1 heterocycles. The van der Waals surface area contributed by atoms with E-state index in [9.17, 15) is 4.79 Å². The number of carbonyl (C=O) groups is 1. The van der Waals surface area contributed by atoms with Crippen LogP contribution in [-0.2, 0) is 11.2 Å². The average molecular weight is 211 g/mol. The fraction of sp³-hybridized carbons (Fsp3) is 0.182. The second kappa shape index (κ2) is 5.22. The minimum absolute atomic E-state index is 0. The van der Waals surface area contributed by atoms with Crippen LogP contribution >= 0.6 is 0 Å². The minimum Gasteiger partial charge on any atom is -0.480 e. The van der Waals surface area contributed by atoms with Crippen LogP contribution in [0.1, 0.15) is 5.56 Å². The molecule has 1 atom stereocenters. The summed E-state index contributed by atoms with van der Waals surface area (Å²) in [6, 6.07) is 6.91. The Hall–Kier alpha value is -1.21. The molecule has 5 heteroatoms. The number of carboxylic acids is 1. The van der Waals surface area contributed by atoms with Crippen LogP contribution in [0.2, 0.25) is 0 Å². The van der Waals surface area contributed by atoms with E-state index in [2.05, 4.69) is 4.98 Å². The number of aromatic amines is 1. The van der Waals surface area contributed by atoms with E-state index in [0.717, 1.165) is 16.5 Å². The fourth-order valence-corrected chi connectivity index (χ4v) is 1.62. The van der Waals surface area contributed by atoms with Gasteiger partial charge in [-0.3, -0.25) is 4.79 Å². The topological polar surface area (TPSA) is 79.1 Å². The molecule has 78 valence electrons. The molecule has 0 saturated heterocycles. The van der Waals surface area contributed by atoms with Gasteiger partial charge in [-0.2, -0.15) is 0 Å². The van der Waals surface area contributed by atoms with Gasteiger partial charge in [-0.1, -0.05) is 18.2 Å². The molecule has 0 fully saturated rings. The number of carboxylic acid groups (broad SMARTS) is 1. The Labute approximate surface area is 105 Å². The monoisotopic (exact) mass is 211 g/mol. The Morgan fingerprint density at radius 1 is 1.44 bits per heavy atom. The molecule has 0 spiro atoms. The first-order valence-corrected chi connectivity index (χ1v) is 4.72. The van der Waals surface area contributed by atoms with Gasteiger partial charge < -0.3 is 15.8 Å². The van der Waals surface area contributed by atoms with Crippen LogP contribution < -0.4 is 24.6 Å². The summed E-state index contributed by atoms with van der Waals surface area (Å²) in [6.45, 7) is 0. The van der Waals surface area contributed by atoms with E-state index in [1.54, 1.807) is 0 Å². The number of para-hydroxylation sites is 1. The van der Waals surface area contributed by atoms with Crippen molar-refractivity contribution in [3.05, 3.63) is 36.0 Å². The molecule has 1 aromatic carbocycles. The van der Waals surface area contributed by atoms with Crippen LogP contribution in [0.25, 0.3) is 10.9 Å². The van der Waals surface area contributed by atoms with E-state index in [1.165, 1.54) is 0 Å². The van der Waals surface area contributed by atoms with Crippen LogP contribution in [0.3, 0.4) is 0 Å². The van der Waals surface area contributed by atoms with Gasteiger partial charge in [0.15, 0.2) is 0 Å². The van der Waals surface area contributed by atoms with Gasteiger partial charge in [0.1, 0.15) is 6.04 Å². The van der Waals surface area contributed by atoms with E-state index in [4.69, 9.17) is 10.8 Å². The fourth-order valence-electron chi connectivity index (χ4n) is 1.62. The van der Waals surface area contributed by atoms with Crippen molar-refractivity contribution >= 4 is 16.9 Å². The first kappa shape index (κ1) is 12.9. The standard InChI is InChI=1S/C11H12N2O2.Li/c12-9(11(14)15)5-7-6-13-10-4-2-1-3-8(7)10;/h1-4,6,9,13H,5,12H2,(H,14,15);/q;+1. The predicted molar refractivity (Wildman–Crippen MR) is 57.6 cm³/mol. The normalized spacial score (nSPS) is 12.1. The summed E-state index contributed by atoms with van der Waals surface area (Å²) in [7, 11) is 0. The number of hydrogen-bond donors (Lipinski definition) is 3. The number of nitrogens with one attached hydrogen (secondary N) is 1. The van der Waals surface area contributed by atoms with Crippen molar-refractivity contribution in [3.63, 3.8) is 0 Å². The van der Waals surface area contributed by atoms with Crippen molar-refractivity contribution in [2.24, 2.45) is 5.73 Å². The third-order valence-electron chi connectivity index (χ3n) is 2.43. The maximum absolute atomic E-state index is 10.6. The third kappa shape index (κ3) is 2.48. The molecule has 2 rings (SSSR count). The van der Waals surface area contributed by atoms with Gasteiger partial charge in [0.25, 0.3) is 0 Å². The van der Waals surface area contributed by atoms with Crippen LogP contribution in [0.15, 0.2) is 30.5 Å². The number of benzene rings is 1. The molecule has 0 aliphatic rings. The number of H-pyrrole nitrogens is 1. The summed E-state index contributed by atoms with van der Waals surface area (Å²) in [6.07, 6.45) is 2.16. The van der Waals surface area contributed by atoms with Gasteiger partial charge in [0, 0.05) is 23.5 Å². The zero-order valence-corrected chi connectivity index (χ0v) is 9.10. The molecule has 1 unspecified atom stereocenters. The van der Waals surface area contributed by atoms with Crippen molar-refractivity contribution in [2.75, 3.05) is 0 Å². The van der Waals surface area contributed by atoms with Crippen LogP contribution in [0.4, 0.5) is 0 Å². The summed E-state index contributed by atoms with van der Waals surface area (Å²) < 4.78 is 0. The number of rotatable bonds is 3. The van der Waals surface area contributed by atoms with E-state index in [-0.39, 0.29) is 18.9 Å². The number of hydrogen-bond acceptors (Lipinski definition) is 2. The number of fused-ring (bicyclic) bond motifs is 1. The Kier molecular flexibility index (Phi) is 4.19. The molecule has 4 nitrogen and oxygen atoms in total. The van der Waals surface area contributed by atoms with Crippen LogP contribution in [0.5, 0.6) is 0 Å². The molecule has 16 heavy (non-hydrogen) atoms. The molecule has 0 aliphatic heterocycles. The molecule has 0 saturated carbocycles. The van der Waals surface area contributed by atoms with Crippen molar-refractivity contribution < 1.29 is 28.8 Å². The number of aromatic nitrogens is 1. The second-order valence-electron chi connectivity index (χ2n) is 3.51. The van der Waals surface area contributed by atoms with Crippen LogP contribution in [0, 0.1) is 0 Å². The Bertz CT molecular complexity index is 495. The first-order valence-electron chi connectivity index (χ1n) is 4.72. The summed E-state index contributed by atoms with van der Waals surface area (Å²) in [5.74, 6) is -0.972. The van der Waals surface area contributed by atoms with Gasteiger partial charge in [0.05, 0.1) is 0 Å². The molecule has 1 aromatic heterocycles. The largest absolute Gasteiger partial charge is 1.00 e. The third-order valence-corrected chi connectivity index (χ3v) is 2.43. The molecule has 0 bridgehead atoms. The zero-order valence-electron chi connectivity index (χ0n) is 9.10. The van der Waals surface area contributed by atoms with E-state index >= 15 is 0 Å². The molecule has 0 aliphatic carbocycles. The minimum atomic E-state index is -0.972. The van der Waals surface area contributed by atoms with Gasteiger partial charge >= 0.3 is 24.8 Å². The van der Waals surface area contributed by atoms with Crippen molar-refractivity contribution in [1.29, 1.82) is 0 Å². The quantitative estimate of drug-likeness (QED) is 0.520. The number of aliphatic carboxylic acids is 1. The van der Waals surface area contributed by atoms with Gasteiger partial charge in [-0.05, 0) is 11.6 Å². The van der Waals surface area contributed by atoms with Crippen molar-refractivity contribution in [2.45, 2.75) is 12.5 Å². The molecule has 2 aromatic rings. The van der Waals surface area contributed by atoms with E-state index in [1.807, 2.05) is 30.5 Å². The number of nitrogens with two attached hydrogens (primary N) is 1. The molecule has 4 N–H and O–H groups in total. The Morgan fingerprint density at radius 2 is 2.12 bits per heavy atom. The van der Waals surface area contributed by atoms with Crippen LogP contribution in [-0.4, -0.2) is 22.1 Å². The van der Waals surface area contributed by atoms with Crippen molar-refractivity contribution in [3.8, 4) is 0 Å². The Morgan fingerprint density at radius 3 is 2.81 bits per heavy atom. The van der Waals surface area contributed by atoms with Gasteiger partial charge in [-0.15, -0.1) is 0 Å². The summed E-state index contributed by atoms with van der Waals surface area (Å²) in [4.78, 5) is 13.7.